The van der Waals surface area contributed by atoms with E-state index in [0.717, 1.165) is 25.9 Å². The number of carbonyl (C=O) groups is 1. The van der Waals surface area contributed by atoms with Gasteiger partial charge in [0.25, 0.3) is 0 Å². The van der Waals surface area contributed by atoms with Gasteiger partial charge in [-0.15, -0.1) is 0 Å². The Balaban J connectivity index is 2.09. The van der Waals surface area contributed by atoms with E-state index in [4.69, 9.17) is 18.0 Å². The number of anilines is 1. The summed E-state index contributed by atoms with van der Waals surface area (Å²) in [6, 6.07) is 3.61. The van der Waals surface area contributed by atoms with Gasteiger partial charge in [0.15, 0.2) is 0 Å². The van der Waals surface area contributed by atoms with Crippen LogP contribution in [0.25, 0.3) is 0 Å². The Labute approximate surface area is 118 Å². The van der Waals surface area contributed by atoms with Gasteiger partial charge in [-0.3, -0.25) is 4.79 Å². The van der Waals surface area contributed by atoms with Crippen molar-refractivity contribution in [2.45, 2.75) is 12.8 Å². The lowest BCUT2D eigenvalue weighted by atomic mass is 10.2. The topological polar surface area (TPSA) is 62.5 Å². The Morgan fingerprint density at radius 2 is 2.21 bits per heavy atom. The van der Waals surface area contributed by atoms with Gasteiger partial charge in [0.1, 0.15) is 10.8 Å². The van der Waals surface area contributed by atoms with E-state index >= 15 is 0 Å². The van der Waals surface area contributed by atoms with Gasteiger partial charge in [-0.05, 0) is 25.0 Å². The Kier molecular flexibility index (Phi) is 4.31. The number of nitrogens with zero attached hydrogens (tertiary/aromatic N) is 3. The molecule has 0 atom stereocenters. The van der Waals surface area contributed by atoms with Gasteiger partial charge in [0, 0.05) is 26.3 Å². The van der Waals surface area contributed by atoms with Crippen molar-refractivity contribution >= 4 is 28.9 Å². The van der Waals surface area contributed by atoms with Gasteiger partial charge < -0.3 is 15.5 Å². The van der Waals surface area contributed by atoms with E-state index < -0.39 is 0 Å². The second-order valence-electron chi connectivity index (χ2n) is 4.68. The molecule has 0 bridgehead atoms. The summed E-state index contributed by atoms with van der Waals surface area (Å²) in [5.74, 6) is 0.780. The number of nitrogens with two attached hydrogens (primary N) is 1. The van der Waals surface area contributed by atoms with Crippen molar-refractivity contribution in [2.24, 2.45) is 5.73 Å². The van der Waals surface area contributed by atoms with Crippen LogP contribution in [-0.2, 0) is 4.79 Å². The highest BCUT2D eigenvalue weighted by molar-refractivity contribution is 7.80. The van der Waals surface area contributed by atoms with Crippen LogP contribution >= 0.6 is 12.2 Å². The summed E-state index contributed by atoms with van der Waals surface area (Å²) >= 11 is 5.01. The first-order chi connectivity index (χ1) is 9.09. The van der Waals surface area contributed by atoms with Crippen LogP contribution in [0.15, 0.2) is 18.3 Å². The van der Waals surface area contributed by atoms with Crippen LogP contribution in [0, 0.1) is 0 Å². The Bertz CT molecular complexity index is 485. The Morgan fingerprint density at radius 1 is 1.53 bits per heavy atom. The molecule has 1 fully saturated rings. The number of carbonyl (C=O) groups excluding carboxylic acids is 1. The lowest BCUT2D eigenvalue weighted by molar-refractivity contribution is -0.128. The van der Waals surface area contributed by atoms with Gasteiger partial charge in [-0.1, -0.05) is 12.2 Å². The first-order valence-corrected chi connectivity index (χ1v) is 6.74. The number of likely N-dealkylation sites (N-methyl/N-ethyl adjacent to an activating group) is 1. The predicted octanol–water partition coefficient (Wildman–Crippen LogP) is 0.774. The number of pyridine rings is 1. The second-order valence-corrected chi connectivity index (χ2v) is 5.12. The van der Waals surface area contributed by atoms with E-state index in [1.54, 1.807) is 17.2 Å². The van der Waals surface area contributed by atoms with Crippen LogP contribution in [0.3, 0.4) is 0 Å². The maximum absolute atomic E-state index is 12.1. The number of hydrogen-bond donors (Lipinski definition) is 1. The largest absolute Gasteiger partial charge is 0.389 e. The molecule has 0 saturated carbocycles. The molecule has 2 heterocycles. The normalized spacial score (nSPS) is 14.5. The lowest BCUT2D eigenvalue weighted by Gasteiger charge is -2.23. The van der Waals surface area contributed by atoms with Crippen molar-refractivity contribution in [3.63, 3.8) is 0 Å². The molecule has 1 aromatic rings. The Morgan fingerprint density at radius 3 is 2.84 bits per heavy atom. The molecule has 0 unspecified atom stereocenters. The van der Waals surface area contributed by atoms with Crippen LogP contribution in [0.2, 0.25) is 0 Å². The summed E-state index contributed by atoms with van der Waals surface area (Å²) in [5.41, 5.74) is 6.38. The number of rotatable bonds is 4. The molecule has 1 saturated heterocycles. The van der Waals surface area contributed by atoms with Crippen LogP contribution in [0.1, 0.15) is 18.4 Å². The Hall–Kier alpha value is -1.69. The summed E-state index contributed by atoms with van der Waals surface area (Å²) in [5, 5.41) is 0. The maximum Gasteiger partial charge on any atom is 0.242 e. The maximum atomic E-state index is 12.1. The molecule has 102 valence electrons. The number of amides is 1. The average Bonchev–Trinajstić information content (AvgIpc) is 2.92. The number of thiocarbonyl (C=S) groups is 1. The lowest BCUT2D eigenvalue weighted by Crippen LogP contribution is -2.38. The zero-order chi connectivity index (χ0) is 13.8. The molecule has 19 heavy (non-hydrogen) atoms. The van der Waals surface area contributed by atoms with Gasteiger partial charge in [-0.2, -0.15) is 0 Å². The van der Waals surface area contributed by atoms with Crippen molar-refractivity contribution in [3.8, 4) is 0 Å². The predicted molar refractivity (Wildman–Crippen MR) is 79.2 cm³/mol. The fourth-order valence-corrected chi connectivity index (χ4v) is 2.40. The molecule has 1 aliphatic rings. The molecule has 1 aliphatic heterocycles. The second kappa shape index (κ2) is 5.97. The summed E-state index contributed by atoms with van der Waals surface area (Å²) in [7, 11) is 1.83. The highest BCUT2D eigenvalue weighted by atomic mass is 32.1. The fourth-order valence-electron chi connectivity index (χ4n) is 2.24. The van der Waals surface area contributed by atoms with Crippen LogP contribution in [0.5, 0.6) is 0 Å². The van der Waals surface area contributed by atoms with Crippen molar-refractivity contribution in [1.29, 1.82) is 0 Å². The minimum atomic E-state index is 0.125. The standard InChI is InChI=1S/C13H18N4OS/c1-16(9-11(18)17-7-2-3-8-17)13-10(12(14)19)5-4-6-15-13/h4-6H,2-3,7-9H2,1H3,(H2,14,19). The van der Waals surface area contributed by atoms with Crippen molar-refractivity contribution in [2.75, 3.05) is 31.6 Å². The zero-order valence-electron chi connectivity index (χ0n) is 11.0. The summed E-state index contributed by atoms with van der Waals surface area (Å²) in [4.78, 5) is 20.4. The van der Waals surface area contributed by atoms with Gasteiger partial charge in [-0.25, -0.2) is 4.98 Å². The molecule has 2 rings (SSSR count). The van der Waals surface area contributed by atoms with Crippen molar-refractivity contribution in [3.05, 3.63) is 23.9 Å². The van der Waals surface area contributed by atoms with Crippen molar-refractivity contribution < 1.29 is 4.79 Å². The van der Waals surface area contributed by atoms with E-state index in [1.165, 1.54) is 0 Å². The van der Waals surface area contributed by atoms with E-state index in [-0.39, 0.29) is 5.91 Å². The first kappa shape index (κ1) is 13.7. The number of likely N-dealkylation sites (tertiary alicyclic amines) is 1. The number of aromatic nitrogens is 1. The smallest absolute Gasteiger partial charge is 0.242 e. The molecule has 0 spiro atoms. The molecule has 1 amide bonds. The quantitative estimate of drug-likeness (QED) is 0.825. The first-order valence-electron chi connectivity index (χ1n) is 6.33. The molecular weight excluding hydrogens is 260 g/mol. The third-order valence-electron chi connectivity index (χ3n) is 3.24. The van der Waals surface area contributed by atoms with E-state index in [2.05, 4.69) is 4.98 Å². The van der Waals surface area contributed by atoms with Crippen LogP contribution in [-0.4, -0.2) is 47.5 Å². The minimum Gasteiger partial charge on any atom is -0.389 e. The highest BCUT2D eigenvalue weighted by Gasteiger charge is 2.20. The summed E-state index contributed by atoms with van der Waals surface area (Å²) < 4.78 is 0. The van der Waals surface area contributed by atoms with Crippen molar-refractivity contribution in [1.82, 2.24) is 9.88 Å². The van der Waals surface area contributed by atoms with Gasteiger partial charge in [0.05, 0.1) is 12.1 Å². The van der Waals surface area contributed by atoms with Crippen LogP contribution in [0.4, 0.5) is 5.82 Å². The monoisotopic (exact) mass is 278 g/mol. The molecule has 1 aromatic heterocycles. The third kappa shape index (κ3) is 3.20. The van der Waals surface area contributed by atoms with Crippen LogP contribution < -0.4 is 10.6 Å². The summed E-state index contributed by atoms with van der Waals surface area (Å²) in [6.45, 7) is 2.01. The zero-order valence-corrected chi connectivity index (χ0v) is 11.8. The summed E-state index contributed by atoms with van der Waals surface area (Å²) in [6.07, 6.45) is 3.86. The minimum absolute atomic E-state index is 0.125. The van der Waals surface area contributed by atoms with E-state index in [1.807, 2.05) is 18.0 Å². The molecule has 5 nitrogen and oxygen atoms in total. The molecule has 0 aliphatic carbocycles. The molecular formula is C13H18N4OS. The number of hydrogen-bond acceptors (Lipinski definition) is 4. The molecule has 0 radical (unpaired) electrons. The third-order valence-corrected chi connectivity index (χ3v) is 3.46. The average molecular weight is 278 g/mol. The SMILES string of the molecule is CN(CC(=O)N1CCCC1)c1ncccc1C(N)=S. The molecule has 6 heteroatoms. The highest BCUT2D eigenvalue weighted by Crippen LogP contribution is 2.16. The van der Waals surface area contributed by atoms with Gasteiger partial charge >= 0.3 is 0 Å². The molecule has 0 aromatic carbocycles. The van der Waals surface area contributed by atoms with Gasteiger partial charge in [0.2, 0.25) is 5.91 Å². The molecule has 2 N–H and O–H groups in total. The fraction of sp³-hybridized carbons (Fsp3) is 0.462. The van der Waals surface area contributed by atoms with E-state index in [0.29, 0.717) is 22.9 Å². The van der Waals surface area contributed by atoms with E-state index in [9.17, 15) is 4.79 Å².